The first-order chi connectivity index (χ1) is 35.2. The summed E-state index contributed by atoms with van der Waals surface area (Å²) in [5.74, 6) is 0.607. The number of rotatable bonds is 7. The Bertz CT molecular complexity index is 3640. The van der Waals surface area contributed by atoms with Crippen LogP contribution in [0.3, 0.4) is 0 Å². The van der Waals surface area contributed by atoms with Gasteiger partial charge in [-0.05, 0) is 143 Å². The standard InChI is InChI=1S/C65H42BN5/c1-5-17-43(18-6-1)51-29-52(44-19-7-2-8-20-44)32-56(31-51)70-60-37-49-27-15-13-25-47(49)35-58(60)66-59-36-48-26-14-16-28-50(48)38-61(59)71(63-40-55(39-62(70)64(63)66)65-68-41-67-42-69-65)57-33-53(45-21-9-3-10-22-45)30-54(34-57)46-23-11-4-12-24-46/h1-42H. The van der Waals surface area contributed by atoms with E-state index in [0.717, 1.165) is 84.2 Å². The highest BCUT2D eigenvalue weighted by molar-refractivity contribution is 7.00. The van der Waals surface area contributed by atoms with E-state index in [4.69, 9.17) is 9.97 Å². The smallest absolute Gasteiger partial charge is 0.252 e. The molecule has 2 aliphatic heterocycles. The van der Waals surface area contributed by atoms with Gasteiger partial charge in [-0.1, -0.05) is 182 Å². The van der Waals surface area contributed by atoms with Crippen LogP contribution in [0.15, 0.2) is 255 Å². The van der Waals surface area contributed by atoms with Crippen molar-refractivity contribution in [2.24, 2.45) is 0 Å². The van der Waals surface area contributed by atoms with E-state index in [0.29, 0.717) is 5.82 Å². The lowest BCUT2D eigenvalue weighted by molar-refractivity contribution is 1.05. The Hall–Kier alpha value is -9.39. The molecule has 6 heteroatoms. The molecule has 14 rings (SSSR count). The molecule has 0 N–H and O–H groups in total. The molecule has 0 saturated carbocycles. The second-order valence-corrected chi connectivity index (χ2v) is 18.5. The Balaban J connectivity index is 1.13. The average molecular weight is 904 g/mol. The van der Waals surface area contributed by atoms with E-state index in [1.54, 1.807) is 12.7 Å². The summed E-state index contributed by atoms with van der Waals surface area (Å²) in [7, 11) is 0. The maximum Gasteiger partial charge on any atom is 0.252 e. The third-order valence-electron chi connectivity index (χ3n) is 14.3. The Morgan fingerprint density at radius 1 is 0.282 bits per heavy atom. The van der Waals surface area contributed by atoms with E-state index in [1.807, 2.05) is 0 Å². The molecule has 12 aromatic rings. The predicted octanol–water partition coefficient (Wildman–Crippen LogP) is 14.6. The van der Waals surface area contributed by atoms with E-state index in [-0.39, 0.29) is 6.71 Å². The minimum atomic E-state index is -0.129. The summed E-state index contributed by atoms with van der Waals surface area (Å²) in [6.45, 7) is -0.129. The fourth-order valence-corrected chi connectivity index (χ4v) is 11.1. The molecule has 0 saturated heterocycles. The van der Waals surface area contributed by atoms with Crippen LogP contribution >= 0.6 is 0 Å². The topological polar surface area (TPSA) is 45.2 Å². The van der Waals surface area contributed by atoms with Crippen molar-refractivity contribution >= 4 is 78.8 Å². The van der Waals surface area contributed by atoms with Gasteiger partial charge >= 0.3 is 0 Å². The van der Waals surface area contributed by atoms with Gasteiger partial charge in [-0.2, -0.15) is 0 Å². The summed E-state index contributed by atoms with van der Waals surface area (Å²) in [4.78, 5) is 19.0. The maximum atomic E-state index is 4.83. The van der Waals surface area contributed by atoms with E-state index in [2.05, 4.69) is 257 Å². The Morgan fingerprint density at radius 3 is 0.986 bits per heavy atom. The summed E-state index contributed by atoms with van der Waals surface area (Å²) >= 11 is 0. The Labute approximate surface area is 412 Å². The predicted molar refractivity (Wildman–Crippen MR) is 296 cm³/mol. The van der Waals surface area contributed by atoms with Crippen molar-refractivity contribution in [3.05, 3.63) is 255 Å². The van der Waals surface area contributed by atoms with Crippen LogP contribution in [-0.2, 0) is 0 Å². The average Bonchev–Trinajstić information content (AvgIpc) is 3.45. The first kappa shape index (κ1) is 40.7. The van der Waals surface area contributed by atoms with Crippen LogP contribution < -0.4 is 26.2 Å². The molecular formula is C65H42BN5. The van der Waals surface area contributed by atoms with Gasteiger partial charge < -0.3 is 9.80 Å². The number of aromatic nitrogens is 3. The lowest BCUT2D eigenvalue weighted by Crippen LogP contribution is -2.61. The second-order valence-electron chi connectivity index (χ2n) is 18.5. The van der Waals surface area contributed by atoms with Crippen molar-refractivity contribution in [1.82, 2.24) is 15.0 Å². The van der Waals surface area contributed by atoms with E-state index in [1.165, 1.54) is 37.9 Å². The number of hydrogen-bond acceptors (Lipinski definition) is 5. The van der Waals surface area contributed by atoms with Crippen LogP contribution in [0.25, 0.3) is 77.4 Å². The summed E-state index contributed by atoms with van der Waals surface area (Å²) in [6.07, 6.45) is 3.19. The van der Waals surface area contributed by atoms with Gasteiger partial charge in [0.25, 0.3) is 6.71 Å². The molecule has 0 fully saturated rings. The van der Waals surface area contributed by atoms with Gasteiger partial charge in [0.2, 0.25) is 0 Å². The van der Waals surface area contributed by atoms with E-state index < -0.39 is 0 Å². The van der Waals surface area contributed by atoms with Crippen LogP contribution in [0.2, 0.25) is 0 Å². The largest absolute Gasteiger partial charge is 0.311 e. The fraction of sp³-hybridized carbons (Fsp3) is 0. The quantitative estimate of drug-likeness (QED) is 0.149. The van der Waals surface area contributed by atoms with Gasteiger partial charge in [0.15, 0.2) is 5.82 Å². The summed E-state index contributed by atoms with van der Waals surface area (Å²) in [5, 5.41) is 4.76. The fourth-order valence-electron chi connectivity index (χ4n) is 11.1. The molecule has 0 radical (unpaired) electrons. The molecule has 0 amide bonds. The van der Waals surface area contributed by atoms with Gasteiger partial charge in [0.1, 0.15) is 12.7 Å². The van der Waals surface area contributed by atoms with Crippen LogP contribution in [-0.4, -0.2) is 21.7 Å². The SMILES string of the molecule is c1ccc(-c2cc(-c3ccccc3)cc(N3c4cc5ccccc5cc4B4c5cc6ccccc6cc5N(c5cc(-c6ccccc6)cc(-c6ccccc6)c5)c5cc(-c6ncncn6)cc3c54)c2)cc1. The monoisotopic (exact) mass is 903 g/mol. The first-order valence-corrected chi connectivity index (χ1v) is 24.2. The highest BCUT2D eigenvalue weighted by Crippen LogP contribution is 2.49. The lowest BCUT2D eigenvalue weighted by Gasteiger charge is -2.45. The molecule has 2 aliphatic rings. The molecular weight excluding hydrogens is 862 g/mol. The van der Waals surface area contributed by atoms with Crippen LogP contribution in [0.5, 0.6) is 0 Å². The molecule has 0 atom stereocenters. The molecule has 71 heavy (non-hydrogen) atoms. The van der Waals surface area contributed by atoms with Gasteiger partial charge in [-0.25, -0.2) is 15.0 Å². The molecule has 0 unspecified atom stereocenters. The Kier molecular flexibility index (Phi) is 9.56. The number of fused-ring (bicyclic) bond motifs is 6. The van der Waals surface area contributed by atoms with Crippen molar-refractivity contribution < 1.29 is 0 Å². The zero-order chi connectivity index (χ0) is 46.8. The van der Waals surface area contributed by atoms with Crippen LogP contribution in [0, 0.1) is 0 Å². The molecule has 1 aromatic heterocycles. The van der Waals surface area contributed by atoms with Gasteiger partial charge in [0.05, 0.1) is 0 Å². The first-order valence-electron chi connectivity index (χ1n) is 24.2. The van der Waals surface area contributed by atoms with E-state index in [9.17, 15) is 0 Å². The van der Waals surface area contributed by atoms with Crippen LogP contribution in [0.1, 0.15) is 0 Å². The van der Waals surface area contributed by atoms with Crippen molar-refractivity contribution in [1.29, 1.82) is 0 Å². The molecule has 5 nitrogen and oxygen atoms in total. The number of anilines is 6. The van der Waals surface area contributed by atoms with Crippen molar-refractivity contribution in [3.63, 3.8) is 0 Å². The third kappa shape index (κ3) is 6.99. The summed E-state index contributed by atoms with van der Waals surface area (Å²) < 4.78 is 0. The molecule has 3 heterocycles. The number of benzene rings is 11. The maximum absolute atomic E-state index is 4.83. The third-order valence-corrected chi connectivity index (χ3v) is 14.3. The van der Waals surface area contributed by atoms with E-state index >= 15 is 0 Å². The minimum Gasteiger partial charge on any atom is -0.311 e. The molecule has 11 aromatic carbocycles. The highest BCUT2D eigenvalue weighted by Gasteiger charge is 2.44. The summed E-state index contributed by atoms with van der Waals surface area (Å²) in [6, 6.07) is 89.0. The van der Waals surface area contributed by atoms with Crippen molar-refractivity contribution in [2.75, 3.05) is 9.80 Å². The molecule has 0 aliphatic carbocycles. The zero-order valence-corrected chi connectivity index (χ0v) is 38.6. The van der Waals surface area contributed by atoms with Crippen molar-refractivity contribution in [3.8, 4) is 55.9 Å². The Morgan fingerprint density at radius 2 is 0.620 bits per heavy atom. The normalized spacial score (nSPS) is 12.4. The van der Waals surface area contributed by atoms with Crippen molar-refractivity contribution in [2.45, 2.75) is 0 Å². The minimum absolute atomic E-state index is 0.129. The lowest BCUT2D eigenvalue weighted by atomic mass is 9.33. The molecule has 330 valence electrons. The molecule has 0 spiro atoms. The molecule has 0 bridgehead atoms. The van der Waals surface area contributed by atoms with Gasteiger partial charge in [0, 0.05) is 39.7 Å². The van der Waals surface area contributed by atoms with Crippen LogP contribution in [0.4, 0.5) is 34.1 Å². The zero-order valence-electron chi connectivity index (χ0n) is 38.6. The highest BCUT2D eigenvalue weighted by atomic mass is 15.2. The summed E-state index contributed by atoms with van der Waals surface area (Å²) in [5.41, 5.74) is 20.3. The number of nitrogens with zero attached hydrogens (tertiary/aromatic N) is 5. The van der Waals surface area contributed by atoms with Gasteiger partial charge in [-0.3, -0.25) is 0 Å². The van der Waals surface area contributed by atoms with Gasteiger partial charge in [-0.15, -0.1) is 0 Å². The second kappa shape index (κ2) is 16.7. The number of hydrogen-bond donors (Lipinski definition) is 0.